The van der Waals surface area contributed by atoms with E-state index in [4.69, 9.17) is 34.8 Å². The van der Waals surface area contributed by atoms with Crippen LogP contribution < -0.4 is 5.32 Å². The van der Waals surface area contributed by atoms with Gasteiger partial charge in [-0.25, -0.2) is 0 Å². The van der Waals surface area contributed by atoms with Gasteiger partial charge >= 0.3 is 0 Å². The molecule has 0 aliphatic carbocycles. The van der Waals surface area contributed by atoms with Crippen molar-refractivity contribution in [1.29, 1.82) is 0 Å². The zero-order chi connectivity index (χ0) is 21.4. The van der Waals surface area contributed by atoms with E-state index in [-0.39, 0.29) is 17.6 Å². The minimum atomic E-state index is -0.596. The molecule has 1 unspecified atom stereocenters. The molecule has 0 saturated heterocycles. The number of likely N-dealkylation sites (N-methyl/N-ethyl adjacent to an activating group) is 1. The fraction of sp³-hybridized carbons (Fsp3) is 0.333. The largest absolute Gasteiger partial charge is 0.355 e. The molecule has 2 aromatic rings. The number of benzene rings is 2. The Morgan fingerprint density at radius 1 is 1.10 bits per heavy atom. The Kier molecular flexibility index (Phi) is 9.63. The third-order valence-electron chi connectivity index (χ3n) is 4.26. The van der Waals surface area contributed by atoms with E-state index >= 15 is 0 Å². The Hall–Kier alpha value is -1.40. The van der Waals surface area contributed by atoms with Crippen molar-refractivity contribution in [3.8, 4) is 0 Å². The number of rotatable bonds is 9. The van der Waals surface area contributed by atoms with Crippen LogP contribution >= 0.6 is 46.6 Å². The molecule has 4 nitrogen and oxygen atoms in total. The van der Waals surface area contributed by atoms with Crippen LogP contribution in [0, 0.1) is 0 Å². The molecule has 0 aliphatic heterocycles. The van der Waals surface area contributed by atoms with Crippen LogP contribution in [0.4, 0.5) is 0 Å². The molecule has 2 rings (SSSR count). The van der Waals surface area contributed by atoms with Crippen LogP contribution in [-0.4, -0.2) is 35.1 Å². The van der Waals surface area contributed by atoms with Gasteiger partial charge in [-0.3, -0.25) is 9.59 Å². The molecule has 29 heavy (non-hydrogen) atoms. The van der Waals surface area contributed by atoms with E-state index in [1.54, 1.807) is 36.1 Å². The summed E-state index contributed by atoms with van der Waals surface area (Å²) in [5.41, 5.74) is 1.78. The Balaban J connectivity index is 2.07. The van der Waals surface area contributed by atoms with Gasteiger partial charge in [-0.1, -0.05) is 53.0 Å². The number of nitrogens with zero attached hydrogens (tertiary/aromatic N) is 1. The lowest BCUT2D eigenvalue weighted by Gasteiger charge is -2.28. The predicted molar refractivity (Wildman–Crippen MR) is 123 cm³/mol. The minimum Gasteiger partial charge on any atom is -0.355 e. The number of carbonyl (C=O) groups is 2. The first-order valence-corrected chi connectivity index (χ1v) is 11.4. The van der Waals surface area contributed by atoms with Crippen LogP contribution in [0.1, 0.15) is 25.0 Å². The number of halogens is 3. The molecule has 0 saturated carbocycles. The first-order valence-electron chi connectivity index (χ1n) is 9.15. The number of nitrogens with one attached hydrogen (secondary N) is 1. The topological polar surface area (TPSA) is 49.4 Å². The maximum atomic E-state index is 12.9. The molecule has 1 N–H and O–H groups in total. The summed E-state index contributed by atoms with van der Waals surface area (Å²) >= 11 is 19.6. The van der Waals surface area contributed by atoms with Crippen LogP contribution in [-0.2, 0) is 21.9 Å². The van der Waals surface area contributed by atoms with Crippen molar-refractivity contribution in [2.24, 2.45) is 0 Å². The summed E-state index contributed by atoms with van der Waals surface area (Å²) in [4.78, 5) is 26.9. The molecule has 0 bridgehead atoms. The highest BCUT2D eigenvalue weighted by Crippen LogP contribution is 2.25. The third-order valence-corrected chi connectivity index (χ3v) is 6.05. The van der Waals surface area contributed by atoms with Crippen molar-refractivity contribution < 1.29 is 9.59 Å². The van der Waals surface area contributed by atoms with Gasteiger partial charge in [-0.2, -0.15) is 0 Å². The lowest BCUT2D eigenvalue weighted by atomic mass is 10.1. The molecule has 2 aromatic carbocycles. The lowest BCUT2D eigenvalue weighted by molar-refractivity contribution is -0.138. The van der Waals surface area contributed by atoms with Gasteiger partial charge in [0.2, 0.25) is 11.8 Å². The number of hydrogen-bond donors (Lipinski definition) is 1. The Morgan fingerprint density at radius 3 is 2.48 bits per heavy atom. The SMILES string of the molecule is CCNC(=O)C(C)N(Cc1cccc(Cl)c1)C(=O)CSCc1ccc(Cl)cc1Cl. The van der Waals surface area contributed by atoms with Crippen molar-refractivity contribution in [1.82, 2.24) is 10.2 Å². The summed E-state index contributed by atoms with van der Waals surface area (Å²) in [5, 5.41) is 4.51. The molecule has 8 heteroatoms. The molecule has 0 fully saturated rings. The van der Waals surface area contributed by atoms with Gasteiger partial charge in [-0.15, -0.1) is 11.8 Å². The predicted octanol–water partition coefficient (Wildman–Crippen LogP) is 5.43. The molecule has 0 aromatic heterocycles. The molecule has 0 radical (unpaired) electrons. The zero-order valence-corrected chi connectivity index (χ0v) is 19.3. The first kappa shape index (κ1) is 23.9. The third kappa shape index (κ3) is 7.41. The quantitative estimate of drug-likeness (QED) is 0.528. The number of thioether (sulfide) groups is 1. The number of hydrogen-bond acceptors (Lipinski definition) is 3. The van der Waals surface area contributed by atoms with E-state index in [9.17, 15) is 9.59 Å². The lowest BCUT2D eigenvalue weighted by Crippen LogP contribution is -2.48. The zero-order valence-electron chi connectivity index (χ0n) is 16.3. The van der Waals surface area contributed by atoms with E-state index in [0.717, 1.165) is 11.1 Å². The van der Waals surface area contributed by atoms with Crippen LogP contribution in [0.2, 0.25) is 15.1 Å². The second-order valence-electron chi connectivity index (χ2n) is 6.45. The maximum absolute atomic E-state index is 12.9. The van der Waals surface area contributed by atoms with Crippen LogP contribution in [0.15, 0.2) is 42.5 Å². The van der Waals surface area contributed by atoms with Crippen molar-refractivity contribution in [2.75, 3.05) is 12.3 Å². The van der Waals surface area contributed by atoms with Crippen molar-refractivity contribution in [3.05, 3.63) is 68.7 Å². The van der Waals surface area contributed by atoms with Gasteiger partial charge in [0.1, 0.15) is 6.04 Å². The maximum Gasteiger partial charge on any atom is 0.242 e. The summed E-state index contributed by atoms with van der Waals surface area (Å²) in [6, 6.07) is 12.0. The van der Waals surface area contributed by atoms with Crippen LogP contribution in [0.5, 0.6) is 0 Å². The first-order chi connectivity index (χ1) is 13.8. The van der Waals surface area contributed by atoms with Gasteiger partial charge < -0.3 is 10.2 Å². The average molecular weight is 474 g/mol. The molecule has 0 spiro atoms. The van der Waals surface area contributed by atoms with E-state index in [1.165, 1.54) is 11.8 Å². The normalized spacial score (nSPS) is 11.8. The number of carbonyl (C=O) groups excluding carboxylic acids is 2. The summed E-state index contributed by atoms with van der Waals surface area (Å²) in [7, 11) is 0. The molecule has 2 amide bonds. The van der Waals surface area contributed by atoms with Crippen molar-refractivity contribution >= 4 is 58.4 Å². The summed E-state index contributed by atoms with van der Waals surface area (Å²) in [5.74, 6) is 0.485. The van der Waals surface area contributed by atoms with Gasteiger partial charge in [-0.05, 0) is 49.2 Å². The molecule has 0 aliphatic rings. The van der Waals surface area contributed by atoms with E-state index < -0.39 is 6.04 Å². The fourth-order valence-electron chi connectivity index (χ4n) is 2.71. The highest BCUT2D eigenvalue weighted by atomic mass is 35.5. The van der Waals surface area contributed by atoms with Gasteiger partial charge in [0.25, 0.3) is 0 Å². The van der Waals surface area contributed by atoms with Crippen molar-refractivity contribution in [3.63, 3.8) is 0 Å². The molecular formula is C21H23Cl3N2O2S. The van der Waals surface area contributed by atoms with E-state index in [1.807, 2.05) is 25.1 Å². The molecule has 156 valence electrons. The van der Waals surface area contributed by atoms with E-state index in [0.29, 0.717) is 33.9 Å². The van der Waals surface area contributed by atoms with Gasteiger partial charge in [0, 0.05) is 33.9 Å². The Labute approximate surface area is 190 Å². The number of amides is 2. The van der Waals surface area contributed by atoms with Crippen molar-refractivity contribution in [2.45, 2.75) is 32.2 Å². The Bertz CT molecular complexity index is 864. The monoisotopic (exact) mass is 472 g/mol. The molecule has 0 heterocycles. The van der Waals surface area contributed by atoms with Gasteiger partial charge in [0.05, 0.1) is 5.75 Å². The second kappa shape index (κ2) is 11.7. The summed E-state index contributed by atoms with van der Waals surface area (Å²) in [6.45, 7) is 4.39. The standard InChI is InChI=1S/C21H23Cl3N2O2S/c1-3-25-21(28)14(2)26(11-15-5-4-6-17(22)9-15)20(27)13-29-12-16-7-8-18(23)10-19(16)24/h4-10,14H,3,11-13H2,1-2H3,(H,25,28). The highest BCUT2D eigenvalue weighted by Gasteiger charge is 2.25. The van der Waals surface area contributed by atoms with E-state index in [2.05, 4.69) is 5.32 Å². The average Bonchev–Trinajstić information content (AvgIpc) is 2.67. The highest BCUT2D eigenvalue weighted by molar-refractivity contribution is 7.99. The molecular weight excluding hydrogens is 451 g/mol. The minimum absolute atomic E-state index is 0.126. The molecule has 1 atom stereocenters. The second-order valence-corrected chi connectivity index (χ2v) is 8.72. The summed E-state index contributed by atoms with van der Waals surface area (Å²) in [6.07, 6.45) is 0. The van der Waals surface area contributed by atoms with Crippen LogP contribution in [0.3, 0.4) is 0 Å². The van der Waals surface area contributed by atoms with Crippen LogP contribution in [0.25, 0.3) is 0 Å². The summed E-state index contributed by atoms with van der Waals surface area (Å²) < 4.78 is 0. The Morgan fingerprint density at radius 2 is 1.83 bits per heavy atom. The van der Waals surface area contributed by atoms with Gasteiger partial charge in [0.15, 0.2) is 0 Å². The fourth-order valence-corrected chi connectivity index (χ4v) is 4.39. The smallest absolute Gasteiger partial charge is 0.242 e.